The van der Waals surface area contributed by atoms with Crippen molar-refractivity contribution in [2.75, 3.05) is 11.1 Å². The standard InChI is InChI=1S/C13H10N4O2S/c14-13-17-10(6-20-13)12(18)16-9-3-1-8(2-4-9)11-5-15-7-19-11/h1-7H,(H2,14,17)(H,16,18). The van der Waals surface area contributed by atoms with Crippen LogP contribution in [0.2, 0.25) is 0 Å². The van der Waals surface area contributed by atoms with Gasteiger partial charge in [0.25, 0.3) is 5.91 Å². The maximum atomic E-state index is 11.9. The Kier molecular flexibility index (Phi) is 3.18. The number of thiazole rings is 1. The Labute approximate surface area is 118 Å². The van der Waals surface area contributed by atoms with Crippen molar-refractivity contribution in [2.45, 2.75) is 0 Å². The number of hydrogen-bond acceptors (Lipinski definition) is 6. The molecule has 3 rings (SSSR count). The first-order chi connectivity index (χ1) is 9.72. The number of amides is 1. The van der Waals surface area contributed by atoms with E-state index >= 15 is 0 Å². The summed E-state index contributed by atoms with van der Waals surface area (Å²) in [7, 11) is 0. The van der Waals surface area contributed by atoms with E-state index in [0.717, 1.165) is 5.56 Å². The maximum Gasteiger partial charge on any atom is 0.275 e. The third-order valence-electron chi connectivity index (χ3n) is 2.61. The zero-order valence-corrected chi connectivity index (χ0v) is 11.1. The van der Waals surface area contributed by atoms with E-state index in [9.17, 15) is 4.79 Å². The summed E-state index contributed by atoms with van der Waals surface area (Å²) in [5.41, 5.74) is 7.37. The fourth-order valence-corrected chi connectivity index (χ4v) is 2.21. The van der Waals surface area contributed by atoms with E-state index in [0.29, 0.717) is 22.3 Å². The van der Waals surface area contributed by atoms with Gasteiger partial charge in [0.1, 0.15) is 5.69 Å². The van der Waals surface area contributed by atoms with E-state index < -0.39 is 0 Å². The highest BCUT2D eigenvalue weighted by Crippen LogP contribution is 2.21. The van der Waals surface area contributed by atoms with Crippen molar-refractivity contribution in [3.05, 3.63) is 47.9 Å². The number of nitrogen functional groups attached to an aromatic ring is 1. The molecule has 2 heterocycles. The number of hydrogen-bond donors (Lipinski definition) is 2. The third-order valence-corrected chi connectivity index (χ3v) is 3.29. The lowest BCUT2D eigenvalue weighted by molar-refractivity contribution is 0.102. The Morgan fingerprint density at radius 2 is 2.10 bits per heavy atom. The molecule has 3 aromatic rings. The zero-order chi connectivity index (χ0) is 13.9. The predicted molar refractivity (Wildman–Crippen MR) is 76.4 cm³/mol. The largest absolute Gasteiger partial charge is 0.444 e. The van der Waals surface area contributed by atoms with E-state index in [4.69, 9.17) is 10.2 Å². The molecule has 0 spiro atoms. The number of nitrogens with one attached hydrogen (secondary N) is 1. The second-order valence-electron chi connectivity index (χ2n) is 3.97. The number of nitrogens with zero attached hydrogens (tertiary/aromatic N) is 2. The molecule has 0 aliphatic rings. The van der Waals surface area contributed by atoms with Crippen LogP contribution in [0.3, 0.4) is 0 Å². The molecule has 0 saturated heterocycles. The highest BCUT2D eigenvalue weighted by atomic mass is 32.1. The lowest BCUT2D eigenvalue weighted by atomic mass is 10.1. The fraction of sp³-hybridized carbons (Fsp3) is 0. The van der Waals surface area contributed by atoms with Gasteiger partial charge in [0.05, 0.1) is 6.20 Å². The summed E-state index contributed by atoms with van der Waals surface area (Å²) in [6.45, 7) is 0. The van der Waals surface area contributed by atoms with Gasteiger partial charge < -0.3 is 15.5 Å². The van der Waals surface area contributed by atoms with Crippen LogP contribution in [0, 0.1) is 0 Å². The van der Waals surface area contributed by atoms with Crippen molar-refractivity contribution in [3.8, 4) is 11.3 Å². The molecular formula is C13H10N4O2S. The first-order valence-corrected chi connectivity index (χ1v) is 6.61. The summed E-state index contributed by atoms with van der Waals surface area (Å²) < 4.78 is 5.19. The molecule has 0 bridgehead atoms. The number of rotatable bonds is 3. The highest BCUT2D eigenvalue weighted by molar-refractivity contribution is 7.13. The van der Waals surface area contributed by atoms with Gasteiger partial charge in [-0.15, -0.1) is 11.3 Å². The molecule has 7 heteroatoms. The van der Waals surface area contributed by atoms with E-state index in [1.54, 1.807) is 23.7 Å². The molecule has 0 radical (unpaired) electrons. The normalized spacial score (nSPS) is 10.4. The number of carbonyl (C=O) groups excluding carboxylic acids is 1. The van der Waals surface area contributed by atoms with Crippen LogP contribution in [0.1, 0.15) is 10.5 Å². The second-order valence-corrected chi connectivity index (χ2v) is 4.86. The van der Waals surface area contributed by atoms with Gasteiger partial charge in [0.15, 0.2) is 17.3 Å². The van der Waals surface area contributed by atoms with Crippen molar-refractivity contribution in [1.29, 1.82) is 0 Å². The number of benzene rings is 1. The van der Waals surface area contributed by atoms with Crippen LogP contribution in [0.25, 0.3) is 11.3 Å². The molecule has 0 aliphatic heterocycles. The molecule has 0 atom stereocenters. The average Bonchev–Trinajstić information content (AvgIpc) is 3.10. The maximum absolute atomic E-state index is 11.9. The van der Waals surface area contributed by atoms with Gasteiger partial charge in [-0.05, 0) is 24.3 Å². The molecule has 1 aromatic carbocycles. The number of aromatic nitrogens is 2. The Bertz CT molecular complexity index is 719. The summed E-state index contributed by atoms with van der Waals surface area (Å²) >= 11 is 1.23. The lowest BCUT2D eigenvalue weighted by Crippen LogP contribution is -2.12. The minimum absolute atomic E-state index is 0.287. The van der Waals surface area contributed by atoms with Gasteiger partial charge in [-0.25, -0.2) is 9.97 Å². The Hall–Kier alpha value is -2.67. The predicted octanol–water partition coefficient (Wildman–Crippen LogP) is 2.63. The van der Waals surface area contributed by atoms with Gasteiger partial charge in [-0.1, -0.05) is 0 Å². The number of carbonyl (C=O) groups is 1. The van der Waals surface area contributed by atoms with Crippen LogP contribution in [0.4, 0.5) is 10.8 Å². The second kappa shape index (κ2) is 5.14. The molecule has 0 aliphatic carbocycles. The number of anilines is 2. The van der Waals surface area contributed by atoms with Crippen LogP contribution in [-0.4, -0.2) is 15.9 Å². The van der Waals surface area contributed by atoms with Crippen molar-refractivity contribution < 1.29 is 9.21 Å². The topological polar surface area (TPSA) is 94.0 Å². The summed E-state index contributed by atoms with van der Waals surface area (Å²) in [4.78, 5) is 19.7. The molecule has 0 saturated carbocycles. The van der Waals surface area contributed by atoms with E-state index in [-0.39, 0.29) is 5.91 Å². The monoisotopic (exact) mass is 286 g/mol. The summed E-state index contributed by atoms with van der Waals surface area (Å²) in [6, 6.07) is 7.24. The molecule has 2 aromatic heterocycles. The van der Waals surface area contributed by atoms with Gasteiger partial charge in [-0.3, -0.25) is 4.79 Å². The van der Waals surface area contributed by atoms with Gasteiger partial charge >= 0.3 is 0 Å². The Morgan fingerprint density at radius 1 is 1.30 bits per heavy atom. The molecule has 1 amide bonds. The number of nitrogens with two attached hydrogens (primary N) is 1. The van der Waals surface area contributed by atoms with E-state index in [2.05, 4.69) is 15.3 Å². The molecule has 3 N–H and O–H groups in total. The van der Waals surface area contributed by atoms with Crippen LogP contribution in [-0.2, 0) is 0 Å². The quantitative estimate of drug-likeness (QED) is 0.772. The van der Waals surface area contributed by atoms with Crippen molar-refractivity contribution in [2.24, 2.45) is 0 Å². The Morgan fingerprint density at radius 3 is 2.70 bits per heavy atom. The molecule has 6 nitrogen and oxygen atoms in total. The van der Waals surface area contributed by atoms with E-state index in [1.165, 1.54) is 17.7 Å². The zero-order valence-electron chi connectivity index (χ0n) is 10.2. The average molecular weight is 286 g/mol. The number of oxazole rings is 1. The smallest absolute Gasteiger partial charge is 0.275 e. The molecular weight excluding hydrogens is 276 g/mol. The van der Waals surface area contributed by atoms with Crippen LogP contribution < -0.4 is 11.1 Å². The highest BCUT2D eigenvalue weighted by Gasteiger charge is 2.10. The third kappa shape index (κ3) is 2.52. The van der Waals surface area contributed by atoms with Crippen molar-refractivity contribution >= 4 is 28.1 Å². The van der Waals surface area contributed by atoms with Gasteiger partial charge in [0.2, 0.25) is 0 Å². The fourth-order valence-electron chi connectivity index (χ4n) is 1.66. The van der Waals surface area contributed by atoms with E-state index in [1.807, 2.05) is 12.1 Å². The van der Waals surface area contributed by atoms with Crippen molar-refractivity contribution in [1.82, 2.24) is 9.97 Å². The summed E-state index contributed by atoms with van der Waals surface area (Å²) in [5.74, 6) is 0.389. The van der Waals surface area contributed by atoms with Crippen LogP contribution in [0.15, 0.2) is 46.7 Å². The minimum Gasteiger partial charge on any atom is -0.444 e. The van der Waals surface area contributed by atoms with Gasteiger partial charge in [0, 0.05) is 16.6 Å². The summed E-state index contributed by atoms with van der Waals surface area (Å²) in [5, 5.41) is 4.74. The minimum atomic E-state index is -0.287. The van der Waals surface area contributed by atoms with Crippen molar-refractivity contribution in [3.63, 3.8) is 0 Å². The lowest BCUT2D eigenvalue weighted by Gasteiger charge is -2.03. The molecule has 20 heavy (non-hydrogen) atoms. The molecule has 100 valence electrons. The molecule has 0 unspecified atom stereocenters. The SMILES string of the molecule is Nc1nc(C(=O)Nc2ccc(-c3cnco3)cc2)cs1. The molecule has 0 fully saturated rings. The van der Waals surface area contributed by atoms with Crippen LogP contribution >= 0.6 is 11.3 Å². The van der Waals surface area contributed by atoms with Crippen LogP contribution in [0.5, 0.6) is 0 Å². The first-order valence-electron chi connectivity index (χ1n) is 5.73. The Balaban J connectivity index is 1.74. The van der Waals surface area contributed by atoms with Gasteiger partial charge in [-0.2, -0.15) is 0 Å². The summed E-state index contributed by atoms with van der Waals surface area (Å²) in [6.07, 6.45) is 3.00. The first kappa shape index (κ1) is 12.4.